The number of methoxy groups -OCH3 is 1. The lowest BCUT2D eigenvalue weighted by atomic mass is 10.2. The highest BCUT2D eigenvalue weighted by molar-refractivity contribution is 7.86. The van der Waals surface area contributed by atoms with Crippen LogP contribution in [0.2, 0.25) is 0 Å². The molecule has 1 N–H and O–H groups in total. The first-order valence-electron chi connectivity index (χ1n) is 9.21. The smallest absolute Gasteiger partial charge is 0.497 e. The van der Waals surface area contributed by atoms with Crippen molar-refractivity contribution in [3.63, 3.8) is 0 Å². The van der Waals surface area contributed by atoms with Gasteiger partial charge in [-0.3, -0.25) is 10.1 Å². The predicted molar refractivity (Wildman–Crippen MR) is 117 cm³/mol. The van der Waals surface area contributed by atoms with Crippen molar-refractivity contribution in [3.05, 3.63) is 75.6 Å². The van der Waals surface area contributed by atoms with Crippen LogP contribution in [0.5, 0.6) is 5.75 Å². The van der Waals surface area contributed by atoms with Gasteiger partial charge in [0.25, 0.3) is 5.91 Å². The predicted octanol–water partition coefficient (Wildman–Crippen LogP) is 0.840. The number of amides is 1. The second-order valence-corrected chi connectivity index (χ2v) is 11.9. The van der Waals surface area contributed by atoms with Crippen LogP contribution in [0.1, 0.15) is 16.1 Å². The summed E-state index contributed by atoms with van der Waals surface area (Å²) in [5.74, 6) is 0.306. The quantitative estimate of drug-likeness (QED) is 0.322. The van der Waals surface area contributed by atoms with E-state index in [1.807, 2.05) is 19.1 Å². The van der Waals surface area contributed by atoms with Gasteiger partial charge in [0, 0.05) is 0 Å². The van der Waals surface area contributed by atoms with Crippen molar-refractivity contribution < 1.29 is 42.1 Å². The van der Waals surface area contributed by atoms with Crippen molar-refractivity contribution in [2.24, 2.45) is 0 Å². The van der Waals surface area contributed by atoms with Gasteiger partial charge in [-0.1, -0.05) is 29.0 Å². The number of ether oxygens (including phenoxy) is 1. The number of carbonyl (C=O) groups is 1. The molecule has 0 aliphatic rings. The van der Waals surface area contributed by atoms with Gasteiger partial charge < -0.3 is 4.74 Å². The van der Waals surface area contributed by atoms with E-state index in [9.17, 15) is 13.2 Å². The Labute approximate surface area is 199 Å². The fourth-order valence-corrected chi connectivity index (χ4v) is 6.74. The molecule has 0 radical (unpaired) electrons. The Kier molecular flexibility index (Phi) is 6.69. The van der Waals surface area contributed by atoms with Gasteiger partial charge in [0.05, 0.1) is 28.4 Å². The van der Waals surface area contributed by atoms with E-state index in [-0.39, 0.29) is 10.6 Å². The van der Waals surface area contributed by atoms with E-state index in [1.54, 1.807) is 31.4 Å². The summed E-state index contributed by atoms with van der Waals surface area (Å²) in [5, 5.41) is 3.18. The largest absolute Gasteiger partial charge is 0.542 e. The summed E-state index contributed by atoms with van der Waals surface area (Å²) in [6.45, 7) is 1.88. The molecule has 0 bridgehead atoms. The molecule has 0 unspecified atom stereocenters. The second kappa shape index (κ2) is 9.48. The number of aryl methyl sites for hydroxylation is 1. The lowest BCUT2D eigenvalue weighted by molar-refractivity contribution is -0.837. The molecule has 0 atom stereocenters. The summed E-state index contributed by atoms with van der Waals surface area (Å²) in [4.78, 5) is 21.1. The topological polar surface area (TPSA) is 107 Å². The number of thiazole rings is 1. The van der Waals surface area contributed by atoms with Gasteiger partial charge in [-0.15, -0.1) is 0 Å². The standard InChI is InChI=1S/C21H16IN3O5S2/c1-13-3-7-16(8-4-13)32(27,28)30-22-14-5-9-18(23-12-14)20(26)25-21-24-17-10-6-15(29-2)11-19(17)31-21/h3-12H,1-2H3/p+1. The minimum Gasteiger partial charge on any atom is -0.497 e. The molecule has 32 heavy (non-hydrogen) atoms. The van der Waals surface area contributed by atoms with Crippen LogP contribution >= 0.6 is 11.3 Å². The molecule has 4 rings (SSSR count). The van der Waals surface area contributed by atoms with Gasteiger partial charge in [-0.2, -0.15) is 8.42 Å². The van der Waals surface area contributed by atoms with Crippen molar-refractivity contribution in [1.29, 1.82) is 0 Å². The fourth-order valence-electron chi connectivity index (χ4n) is 2.62. The zero-order chi connectivity index (χ0) is 22.7. The third-order valence-corrected chi connectivity index (χ3v) is 9.41. The van der Waals surface area contributed by atoms with Crippen LogP contribution in [0.15, 0.2) is 65.7 Å². The maximum atomic E-state index is 12.5. The molecule has 0 aliphatic heterocycles. The van der Waals surface area contributed by atoms with Gasteiger partial charge in [-0.05, 0) is 51.9 Å². The number of aromatic nitrogens is 2. The lowest BCUT2D eigenvalue weighted by Gasteiger charge is -2.00. The molecule has 0 saturated heterocycles. The molecule has 2 aromatic carbocycles. The number of hydrogen-bond donors (Lipinski definition) is 1. The van der Waals surface area contributed by atoms with E-state index in [2.05, 4.69) is 15.3 Å². The Morgan fingerprint density at radius 3 is 2.56 bits per heavy atom. The molecule has 0 aliphatic carbocycles. The van der Waals surface area contributed by atoms with E-state index in [1.165, 1.54) is 35.7 Å². The number of nitrogens with zero attached hydrogens (tertiary/aromatic N) is 2. The van der Waals surface area contributed by atoms with Gasteiger partial charge in [-0.25, -0.2) is 9.97 Å². The van der Waals surface area contributed by atoms with Crippen molar-refractivity contribution in [3.8, 4) is 5.75 Å². The van der Waals surface area contributed by atoms with E-state index >= 15 is 0 Å². The third kappa shape index (κ3) is 5.23. The fraction of sp³-hybridized carbons (Fsp3) is 0.0952. The van der Waals surface area contributed by atoms with E-state index in [0.717, 1.165) is 15.8 Å². The zero-order valence-corrected chi connectivity index (χ0v) is 20.7. The first kappa shape index (κ1) is 22.6. The summed E-state index contributed by atoms with van der Waals surface area (Å²) in [6, 6.07) is 15.1. The van der Waals surface area contributed by atoms with Crippen molar-refractivity contribution in [2.45, 2.75) is 11.8 Å². The maximum Gasteiger partial charge on any atom is 0.542 e. The first-order valence-corrected chi connectivity index (χ1v) is 13.4. The van der Waals surface area contributed by atoms with Crippen LogP contribution in [0.25, 0.3) is 10.2 Å². The minimum atomic E-state index is -3.83. The highest BCUT2D eigenvalue weighted by Gasteiger charge is 2.28. The number of rotatable bonds is 7. The summed E-state index contributed by atoms with van der Waals surface area (Å²) in [6.07, 6.45) is 1.45. The van der Waals surface area contributed by atoms with Gasteiger partial charge in [0.2, 0.25) is 3.57 Å². The molecule has 2 aromatic heterocycles. The number of fused-ring (bicyclic) bond motifs is 1. The monoisotopic (exact) mass is 582 g/mol. The summed E-state index contributed by atoms with van der Waals surface area (Å²) in [5.41, 5.74) is 1.91. The molecule has 1 amide bonds. The first-order chi connectivity index (χ1) is 15.3. The Hall–Kier alpha value is -2.61. The number of carbonyl (C=O) groups excluding carboxylic acids is 1. The molecule has 4 aromatic rings. The van der Waals surface area contributed by atoms with Gasteiger partial charge in [0.1, 0.15) is 11.4 Å². The molecule has 2 heterocycles. The number of anilines is 1. The molecule has 0 spiro atoms. The maximum absolute atomic E-state index is 12.5. The minimum absolute atomic E-state index is 0.111. The summed E-state index contributed by atoms with van der Waals surface area (Å²) in [7, 11) is -2.25. The van der Waals surface area contributed by atoms with Crippen molar-refractivity contribution in [2.75, 3.05) is 12.4 Å². The Balaban J connectivity index is 1.39. The Bertz CT molecular complexity index is 1370. The van der Waals surface area contributed by atoms with Crippen LogP contribution in [0, 0.1) is 10.5 Å². The molecule has 11 heteroatoms. The normalized spacial score (nSPS) is 11.4. The Morgan fingerprint density at radius 2 is 1.88 bits per heavy atom. The Morgan fingerprint density at radius 1 is 1.09 bits per heavy atom. The molecular formula is C21H17IN3O5S2+. The molecule has 0 fully saturated rings. The number of halogens is 1. The van der Waals surface area contributed by atoms with E-state index < -0.39 is 37.6 Å². The van der Waals surface area contributed by atoms with Crippen LogP contribution in [-0.2, 0) is 12.6 Å². The van der Waals surface area contributed by atoms with Crippen molar-refractivity contribution >= 4 is 42.7 Å². The van der Waals surface area contributed by atoms with E-state index in [4.69, 9.17) is 7.25 Å². The van der Waals surface area contributed by atoms with Crippen LogP contribution in [0.3, 0.4) is 0 Å². The molecule has 164 valence electrons. The highest BCUT2D eigenvalue weighted by atomic mass is 127. The number of benzene rings is 2. The highest BCUT2D eigenvalue weighted by Crippen LogP contribution is 2.29. The van der Waals surface area contributed by atoms with Crippen LogP contribution in [-0.4, -0.2) is 31.4 Å². The lowest BCUT2D eigenvalue weighted by Crippen LogP contribution is -3.62. The van der Waals surface area contributed by atoms with Crippen LogP contribution in [0.4, 0.5) is 5.13 Å². The van der Waals surface area contributed by atoms with Gasteiger partial charge in [0.15, 0.2) is 5.13 Å². The molecular weight excluding hydrogens is 565 g/mol. The second-order valence-electron chi connectivity index (χ2n) is 6.58. The van der Waals surface area contributed by atoms with Crippen LogP contribution < -0.4 is 31.7 Å². The van der Waals surface area contributed by atoms with Crippen molar-refractivity contribution in [1.82, 2.24) is 9.97 Å². The SMILES string of the molecule is COc1ccc2nc(NC(=O)c3ccc([I+]OS(=O)(=O)c4ccc(C)cc4)cn3)sc2c1. The zero-order valence-electron chi connectivity index (χ0n) is 16.9. The van der Waals surface area contributed by atoms with E-state index in [0.29, 0.717) is 14.5 Å². The average molecular weight is 582 g/mol. The number of hydrogen-bond acceptors (Lipinski definition) is 8. The summed E-state index contributed by atoms with van der Waals surface area (Å²) < 4.78 is 36.6. The average Bonchev–Trinajstić information content (AvgIpc) is 3.19. The molecule has 0 saturated carbocycles. The summed E-state index contributed by atoms with van der Waals surface area (Å²) >= 11 is 0.0286. The number of nitrogens with one attached hydrogen (secondary N) is 1. The van der Waals surface area contributed by atoms with Gasteiger partial charge >= 0.3 is 31.7 Å². The number of pyridine rings is 1. The molecule has 8 nitrogen and oxygen atoms in total. The third-order valence-electron chi connectivity index (χ3n) is 4.29.